The van der Waals surface area contributed by atoms with E-state index in [1.54, 1.807) is 17.4 Å². The van der Waals surface area contributed by atoms with Crippen LogP contribution in [0.3, 0.4) is 0 Å². The van der Waals surface area contributed by atoms with E-state index in [1.165, 1.54) is 6.07 Å². The van der Waals surface area contributed by atoms with Gasteiger partial charge in [-0.1, -0.05) is 12.1 Å². The summed E-state index contributed by atoms with van der Waals surface area (Å²) in [6, 6.07) is 11.1. The molecule has 0 saturated carbocycles. The highest BCUT2D eigenvalue weighted by atomic mass is 32.1. The lowest BCUT2D eigenvalue weighted by atomic mass is 10.3. The van der Waals surface area contributed by atoms with Crippen molar-refractivity contribution in [2.24, 2.45) is 0 Å². The van der Waals surface area contributed by atoms with Crippen LogP contribution >= 0.6 is 11.3 Å². The molecule has 0 aliphatic rings. The van der Waals surface area contributed by atoms with Gasteiger partial charge in [0, 0.05) is 6.54 Å². The van der Waals surface area contributed by atoms with Gasteiger partial charge in [-0.15, -0.1) is 11.3 Å². The molecule has 0 aliphatic carbocycles. The van der Waals surface area contributed by atoms with E-state index in [9.17, 15) is 4.79 Å². The van der Waals surface area contributed by atoms with Crippen molar-refractivity contribution in [2.45, 2.75) is 13.1 Å². The van der Waals surface area contributed by atoms with Crippen LogP contribution in [-0.2, 0) is 13.1 Å². The van der Waals surface area contributed by atoms with Crippen molar-refractivity contribution in [2.75, 3.05) is 0 Å². The van der Waals surface area contributed by atoms with E-state index >= 15 is 0 Å². The lowest BCUT2D eigenvalue weighted by molar-refractivity contribution is 0.0660. The van der Waals surface area contributed by atoms with Crippen LogP contribution in [0, 0.1) is 0 Å². The first kappa shape index (κ1) is 12.8. The van der Waals surface area contributed by atoms with Gasteiger partial charge in [0.1, 0.15) is 10.8 Å². The smallest absolute Gasteiger partial charge is 0.371 e. The second-order valence-corrected chi connectivity index (χ2v) is 5.37. The molecule has 1 aromatic carbocycles. The van der Waals surface area contributed by atoms with Crippen LogP contribution in [0.15, 0.2) is 40.8 Å². The molecule has 20 heavy (non-hydrogen) atoms. The van der Waals surface area contributed by atoms with Gasteiger partial charge in [0.2, 0.25) is 5.76 Å². The van der Waals surface area contributed by atoms with Crippen LogP contribution < -0.4 is 5.32 Å². The number of furan rings is 1. The van der Waals surface area contributed by atoms with Gasteiger partial charge in [0.25, 0.3) is 0 Å². The van der Waals surface area contributed by atoms with E-state index in [-0.39, 0.29) is 5.76 Å². The minimum atomic E-state index is -1.05. The largest absolute Gasteiger partial charge is 0.475 e. The maximum Gasteiger partial charge on any atom is 0.371 e. The highest BCUT2D eigenvalue weighted by Gasteiger charge is 2.09. The number of benzene rings is 1. The van der Waals surface area contributed by atoms with Gasteiger partial charge in [-0.2, -0.15) is 0 Å². The third-order valence-corrected chi connectivity index (χ3v) is 3.82. The van der Waals surface area contributed by atoms with Crippen molar-refractivity contribution >= 4 is 27.5 Å². The molecule has 2 heterocycles. The van der Waals surface area contributed by atoms with Crippen molar-refractivity contribution in [3.05, 3.63) is 52.9 Å². The van der Waals surface area contributed by atoms with Crippen LogP contribution in [-0.4, -0.2) is 16.1 Å². The summed E-state index contributed by atoms with van der Waals surface area (Å²) in [4.78, 5) is 15.2. The average molecular weight is 288 g/mol. The topological polar surface area (TPSA) is 75.4 Å². The minimum Gasteiger partial charge on any atom is -0.475 e. The summed E-state index contributed by atoms with van der Waals surface area (Å²) in [5.74, 6) is -0.493. The maximum atomic E-state index is 10.7. The van der Waals surface area contributed by atoms with Gasteiger partial charge in [-0.3, -0.25) is 0 Å². The molecule has 102 valence electrons. The third-order valence-electron chi connectivity index (χ3n) is 2.79. The summed E-state index contributed by atoms with van der Waals surface area (Å²) in [5, 5.41) is 12.9. The molecule has 0 spiro atoms. The zero-order valence-electron chi connectivity index (χ0n) is 10.5. The monoisotopic (exact) mass is 288 g/mol. The molecule has 6 heteroatoms. The Morgan fingerprint density at radius 2 is 2.10 bits per heavy atom. The number of nitrogens with one attached hydrogen (secondary N) is 1. The zero-order valence-corrected chi connectivity index (χ0v) is 11.3. The lowest BCUT2D eigenvalue weighted by Crippen LogP contribution is -2.11. The molecule has 0 unspecified atom stereocenters. The van der Waals surface area contributed by atoms with Crippen molar-refractivity contribution < 1.29 is 14.3 Å². The molecule has 0 bridgehead atoms. The van der Waals surface area contributed by atoms with Gasteiger partial charge in [-0.25, -0.2) is 9.78 Å². The lowest BCUT2D eigenvalue weighted by Gasteiger charge is -1.98. The summed E-state index contributed by atoms with van der Waals surface area (Å²) in [7, 11) is 0. The number of aromatic nitrogens is 1. The van der Waals surface area contributed by atoms with E-state index in [0.29, 0.717) is 18.8 Å². The fraction of sp³-hybridized carbons (Fsp3) is 0.143. The fourth-order valence-corrected chi connectivity index (χ4v) is 2.81. The molecule has 5 nitrogen and oxygen atoms in total. The van der Waals surface area contributed by atoms with Crippen molar-refractivity contribution in [1.29, 1.82) is 0 Å². The molecular weight excluding hydrogens is 276 g/mol. The third kappa shape index (κ3) is 2.71. The van der Waals surface area contributed by atoms with Crippen molar-refractivity contribution in [3.63, 3.8) is 0 Å². The molecular formula is C14H12N2O3S. The van der Waals surface area contributed by atoms with Crippen molar-refractivity contribution in [1.82, 2.24) is 10.3 Å². The Bertz CT molecular complexity index is 715. The molecule has 2 N–H and O–H groups in total. The number of carbonyl (C=O) groups is 1. The Balaban J connectivity index is 1.60. The number of thiazole rings is 1. The van der Waals surface area contributed by atoms with Crippen LogP contribution in [0.2, 0.25) is 0 Å². The van der Waals surface area contributed by atoms with Crippen LogP contribution in [0.25, 0.3) is 10.2 Å². The van der Waals surface area contributed by atoms with E-state index in [2.05, 4.69) is 10.3 Å². The molecule has 0 amide bonds. The first-order chi connectivity index (χ1) is 9.72. The van der Waals surface area contributed by atoms with Crippen LogP contribution in [0.1, 0.15) is 21.3 Å². The molecule has 2 aromatic heterocycles. The Morgan fingerprint density at radius 1 is 1.25 bits per heavy atom. The highest BCUT2D eigenvalue weighted by molar-refractivity contribution is 7.18. The Labute approximate surface area is 118 Å². The second-order valence-electron chi connectivity index (χ2n) is 4.25. The summed E-state index contributed by atoms with van der Waals surface area (Å²) >= 11 is 1.64. The number of fused-ring (bicyclic) bond motifs is 1. The van der Waals surface area contributed by atoms with Gasteiger partial charge >= 0.3 is 5.97 Å². The number of para-hydroxylation sites is 1. The van der Waals surface area contributed by atoms with Gasteiger partial charge in [-0.05, 0) is 24.3 Å². The summed E-state index contributed by atoms with van der Waals surface area (Å²) < 4.78 is 6.33. The standard InChI is InChI=1S/C14H12N2O3S/c17-14(18)11-6-5-9(19-11)7-15-8-13-16-10-3-1-2-4-12(10)20-13/h1-6,15H,7-8H2,(H,17,18). The number of hydrogen-bond donors (Lipinski definition) is 2. The second kappa shape index (κ2) is 5.44. The van der Waals surface area contributed by atoms with Crippen LogP contribution in [0.5, 0.6) is 0 Å². The predicted octanol–water partition coefficient (Wildman–Crippen LogP) is 2.88. The number of rotatable bonds is 5. The number of hydrogen-bond acceptors (Lipinski definition) is 5. The maximum absolute atomic E-state index is 10.7. The highest BCUT2D eigenvalue weighted by Crippen LogP contribution is 2.21. The Morgan fingerprint density at radius 3 is 2.85 bits per heavy atom. The number of carboxylic acids is 1. The normalized spacial score (nSPS) is 11.0. The zero-order chi connectivity index (χ0) is 13.9. The molecule has 3 rings (SSSR count). The number of aromatic carboxylic acids is 1. The molecule has 0 radical (unpaired) electrons. The Kier molecular flexibility index (Phi) is 3.49. The predicted molar refractivity (Wildman–Crippen MR) is 75.8 cm³/mol. The number of carboxylic acid groups (broad SMARTS) is 1. The summed E-state index contributed by atoms with van der Waals surface area (Å²) in [6.45, 7) is 1.10. The first-order valence-electron chi connectivity index (χ1n) is 6.09. The van der Waals surface area contributed by atoms with Gasteiger partial charge in [0.05, 0.1) is 16.8 Å². The quantitative estimate of drug-likeness (QED) is 0.755. The molecule has 0 fully saturated rings. The molecule has 0 aliphatic heterocycles. The minimum absolute atomic E-state index is 0.0400. The van der Waals surface area contributed by atoms with E-state index in [1.807, 2.05) is 24.3 Å². The van der Waals surface area contributed by atoms with Gasteiger partial charge in [0.15, 0.2) is 0 Å². The number of nitrogens with zero attached hydrogens (tertiary/aromatic N) is 1. The van der Waals surface area contributed by atoms with Crippen molar-refractivity contribution in [3.8, 4) is 0 Å². The molecule has 0 atom stereocenters. The first-order valence-corrected chi connectivity index (χ1v) is 6.91. The fourth-order valence-electron chi connectivity index (χ4n) is 1.88. The molecule has 3 aromatic rings. The average Bonchev–Trinajstić information content (AvgIpc) is 3.04. The van der Waals surface area contributed by atoms with E-state index in [4.69, 9.17) is 9.52 Å². The summed E-state index contributed by atoms with van der Waals surface area (Å²) in [5.41, 5.74) is 1.00. The summed E-state index contributed by atoms with van der Waals surface area (Å²) in [6.07, 6.45) is 0. The van der Waals surface area contributed by atoms with Crippen LogP contribution in [0.4, 0.5) is 0 Å². The van der Waals surface area contributed by atoms with Gasteiger partial charge < -0.3 is 14.8 Å². The van der Waals surface area contributed by atoms with E-state index in [0.717, 1.165) is 15.2 Å². The SMILES string of the molecule is O=C(O)c1ccc(CNCc2nc3ccccc3s2)o1. The van der Waals surface area contributed by atoms with E-state index < -0.39 is 5.97 Å². The molecule has 0 saturated heterocycles. The Hall–Kier alpha value is -2.18.